The summed E-state index contributed by atoms with van der Waals surface area (Å²) in [5.74, 6) is 0.748. The number of aliphatic imine (C=N–C) groups is 1. The van der Waals surface area contributed by atoms with Crippen molar-refractivity contribution in [1.82, 2.24) is 19.5 Å². The van der Waals surface area contributed by atoms with Gasteiger partial charge in [-0.25, -0.2) is 9.79 Å². The first-order valence-electron chi connectivity index (χ1n) is 8.97. The van der Waals surface area contributed by atoms with Gasteiger partial charge in [0.15, 0.2) is 16.3 Å². The fraction of sp³-hybridized carbons (Fsp3) is 0.211. The highest BCUT2D eigenvalue weighted by Crippen LogP contribution is 2.28. The number of aromatic amines is 3. The first-order valence-corrected chi connectivity index (χ1v) is 9.38. The van der Waals surface area contributed by atoms with E-state index in [-0.39, 0.29) is 22.6 Å². The Kier molecular flexibility index (Phi) is 6.50. The molecule has 0 saturated carbocycles. The van der Waals surface area contributed by atoms with Crippen molar-refractivity contribution in [3.63, 3.8) is 0 Å². The van der Waals surface area contributed by atoms with E-state index in [0.717, 1.165) is 18.0 Å². The summed E-state index contributed by atoms with van der Waals surface area (Å²) < 4.78 is 11.9. The third-order valence-corrected chi connectivity index (χ3v) is 4.73. The van der Waals surface area contributed by atoms with E-state index in [1.54, 1.807) is 19.2 Å². The van der Waals surface area contributed by atoms with Gasteiger partial charge in [0, 0.05) is 19.0 Å². The minimum atomic E-state index is -0.739. The maximum absolute atomic E-state index is 12.2. The highest BCUT2D eigenvalue weighted by molar-refractivity contribution is 7.71. The molecule has 0 unspecified atom stereocenters. The predicted molar refractivity (Wildman–Crippen MR) is 116 cm³/mol. The molecule has 0 aliphatic rings. The van der Waals surface area contributed by atoms with E-state index in [2.05, 4.69) is 15.0 Å². The Morgan fingerprint density at radius 1 is 1.13 bits per heavy atom. The average molecular weight is 445 g/mol. The average Bonchev–Trinajstić information content (AvgIpc) is 2.74. The molecule has 3 rings (SSSR count). The van der Waals surface area contributed by atoms with Gasteiger partial charge in [-0.15, -0.1) is 0 Å². The number of hydrogen-bond acceptors (Lipinski definition) is 8. The van der Waals surface area contributed by atoms with Crippen molar-refractivity contribution in [1.29, 1.82) is 0 Å². The van der Waals surface area contributed by atoms with Crippen LogP contribution in [0.3, 0.4) is 0 Å². The summed E-state index contributed by atoms with van der Waals surface area (Å²) in [5, 5.41) is 10.6. The number of methoxy groups -OCH3 is 2. The van der Waals surface area contributed by atoms with Crippen molar-refractivity contribution in [2.24, 2.45) is 4.99 Å². The molecule has 162 valence electrons. The number of ether oxygens (including phenoxy) is 2. The standard InChI is InChI=1S/C19H19N5O6S/c1-29-13-4-3-10(7-14(13)30-2)5-6-24-17(27)11(15(25)23-19(24)31)8-20-12-9-21-18(28)22-16(12)26/h3-4,7-9,27H,5-6H2,1-2H3,(H,23,25,31)(H2,21,22,26,28). The summed E-state index contributed by atoms with van der Waals surface area (Å²) in [7, 11) is 3.07. The summed E-state index contributed by atoms with van der Waals surface area (Å²) in [5.41, 5.74) is -1.54. The van der Waals surface area contributed by atoms with Crippen LogP contribution in [0.1, 0.15) is 11.1 Å². The van der Waals surface area contributed by atoms with E-state index < -0.39 is 22.7 Å². The van der Waals surface area contributed by atoms with Gasteiger partial charge in [0.05, 0.1) is 14.2 Å². The van der Waals surface area contributed by atoms with Crippen LogP contribution in [0, 0.1) is 4.77 Å². The van der Waals surface area contributed by atoms with Crippen molar-refractivity contribution < 1.29 is 14.6 Å². The fourth-order valence-corrected chi connectivity index (χ4v) is 3.08. The van der Waals surface area contributed by atoms with Crippen LogP contribution in [-0.2, 0) is 13.0 Å². The quantitative estimate of drug-likeness (QED) is 0.312. The van der Waals surface area contributed by atoms with Crippen molar-refractivity contribution in [2.75, 3.05) is 14.2 Å². The molecule has 31 heavy (non-hydrogen) atoms. The number of aromatic nitrogens is 4. The number of hydrogen-bond donors (Lipinski definition) is 4. The molecular formula is C19H19N5O6S. The van der Waals surface area contributed by atoms with Gasteiger partial charge >= 0.3 is 5.69 Å². The minimum Gasteiger partial charge on any atom is -0.494 e. The number of benzene rings is 1. The van der Waals surface area contributed by atoms with Crippen LogP contribution < -0.4 is 26.3 Å². The topological polar surface area (TPSA) is 155 Å². The van der Waals surface area contributed by atoms with Crippen LogP contribution in [0.5, 0.6) is 17.4 Å². The lowest BCUT2D eigenvalue weighted by atomic mass is 10.1. The van der Waals surface area contributed by atoms with Crippen molar-refractivity contribution in [3.05, 3.63) is 71.5 Å². The molecule has 11 nitrogen and oxygen atoms in total. The Morgan fingerprint density at radius 2 is 1.87 bits per heavy atom. The minimum absolute atomic E-state index is 0.0296. The van der Waals surface area contributed by atoms with Crippen LogP contribution in [0.15, 0.2) is 43.8 Å². The van der Waals surface area contributed by atoms with Crippen molar-refractivity contribution in [3.8, 4) is 17.4 Å². The monoisotopic (exact) mass is 445 g/mol. The van der Waals surface area contributed by atoms with E-state index in [1.165, 1.54) is 11.7 Å². The molecule has 2 heterocycles. The maximum atomic E-state index is 12.2. The molecule has 0 spiro atoms. The molecule has 0 amide bonds. The van der Waals surface area contributed by atoms with Gasteiger partial charge in [-0.2, -0.15) is 0 Å². The van der Waals surface area contributed by atoms with Gasteiger partial charge in [0.2, 0.25) is 5.88 Å². The summed E-state index contributed by atoms with van der Waals surface area (Å²) in [6.07, 6.45) is 2.58. The molecule has 12 heteroatoms. The molecule has 0 saturated heterocycles. The van der Waals surface area contributed by atoms with Crippen LogP contribution in [0.4, 0.5) is 5.69 Å². The molecule has 0 atom stereocenters. The zero-order chi connectivity index (χ0) is 22.5. The largest absolute Gasteiger partial charge is 0.494 e. The number of nitrogens with one attached hydrogen (secondary N) is 3. The third-order valence-electron chi connectivity index (χ3n) is 4.41. The Balaban J connectivity index is 1.91. The summed E-state index contributed by atoms with van der Waals surface area (Å²) in [4.78, 5) is 45.7. The van der Waals surface area contributed by atoms with Gasteiger partial charge in [-0.1, -0.05) is 6.07 Å². The van der Waals surface area contributed by atoms with Crippen LogP contribution in [0.25, 0.3) is 0 Å². The van der Waals surface area contributed by atoms with Gasteiger partial charge in [0.1, 0.15) is 11.3 Å². The number of aromatic hydroxyl groups is 1. The van der Waals surface area contributed by atoms with E-state index in [9.17, 15) is 19.5 Å². The molecule has 3 aromatic rings. The zero-order valence-electron chi connectivity index (χ0n) is 16.6. The Morgan fingerprint density at radius 3 is 2.55 bits per heavy atom. The SMILES string of the molecule is COc1ccc(CCn2c(O)c(C=Nc3c[nH]c(=O)[nH]c3=O)c(=O)[nH]c2=S)cc1OC. The maximum Gasteiger partial charge on any atom is 0.325 e. The lowest BCUT2D eigenvalue weighted by Gasteiger charge is -2.13. The van der Waals surface area contributed by atoms with Gasteiger partial charge in [0.25, 0.3) is 11.1 Å². The molecule has 0 bridgehead atoms. The van der Waals surface area contributed by atoms with E-state index >= 15 is 0 Å². The molecular weight excluding hydrogens is 426 g/mol. The Bertz CT molecular complexity index is 1370. The molecule has 0 aliphatic carbocycles. The van der Waals surface area contributed by atoms with Crippen molar-refractivity contribution >= 4 is 24.1 Å². The Hall–Kier alpha value is -3.93. The third kappa shape index (κ3) is 4.80. The number of rotatable bonds is 7. The second-order valence-corrected chi connectivity index (χ2v) is 6.69. The second-order valence-electron chi connectivity index (χ2n) is 6.30. The molecule has 0 fully saturated rings. The van der Waals surface area contributed by atoms with E-state index in [1.807, 2.05) is 11.1 Å². The Labute approximate surface area is 179 Å². The number of H-pyrrole nitrogens is 3. The van der Waals surface area contributed by atoms with Crippen LogP contribution >= 0.6 is 12.2 Å². The van der Waals surface area contributed by atoms with Gasteiger partial charge < -0.3 is 19.6 Å². The predicted octanol–water partition coefficient (Wildman–Crippen LogP) is 0.999. The molecule has 0 radical (unpaired) electrons. The summed E-state index contributed by atoms with van der Waals surface area (Å²) >= 11 is 5.17. The number of nitrogens with zero attached hydrogens (tertiary/aromatic N) is 2. The normalized spacial score (nSPS) is 11.0. The first-order chi connectivity index (χ1) is 14.8. The van der Waals surface area contributed by atoms with Gasteiger partial charge in [-0.05, 0) is 36.3 Å². The van der Waals surface area contributed by atoms with E-state index in [0.29, 0.717) is 17.9 Å². The lowest BCUT2D eigenvalue weighted by molar-refractivity contribution is 0.354. The summed E-state index contributed by atoms with van der Waals surface area (Å²) in [6.45, 7) is 0.247. The highest BCUT2D eigenvalue weighted by atomic mass is 32.1. The smallest absolute Gasteiger partial charge is 0.325 e. The molecule has 4 N–H and O–H groups in total. The van der Waals surface area contributed by atoms with Crippen LogP contribution in [-0.4, -0.2) is 45.1 Å². The van der Waals surface area contributed by atoms with Crippen molar-refractivity contribution in [2.45, 2.75) is 13.0 Å². The van der Waals surface area contributed by atoms with Gasteiger partial charge in [-0.3, -0.25) is 24.1 Å². The van der Waals surface area contributed by atoms with E-state index in [4.69, 9.17) is 21.7 Å². The highest BCUT2D eigenvalue weighted by Gasteiger charge is 2.12. The molecule has 0 aliphatic heterocycles. The zero-order valence-corrected chi connectivity index (χ0v) is 17.4. The van der Waals surface area contributed by atoms with Crippen LogP contribution in [0.2, 0.25) is 0 Å². The second kappa shape index (κ2) is 9.26. The lowest BCUT2D eigenvalue weighted by Crippen LogP contribution is -2.21. The molecule has 1 aromatic carbocycles. The number of aryl methyl sites for hydroxylation is 1. The first kappa shape index (κ1) is 21.8. The fourth-order valence-electron chi connectivity index (χ4n) is 2.81. The molecule has 2 aromatic heterocycles. The summed E-state index contributed by atoms with van der Waals surface area (Å²) in [6, 6.07) is 5.41.